The lowest BCUT2D eigenvalue weighted by Gasteiger charge is -2.67. The quantitative estimate of drug-likeness (QED) is 0.106. The number of ketones is 1. The molecule has 6 rings (SSSR count). The molecule has 1 amide bonds. The summed E-state index contributed by atoms with van der Waals surface area (Å²) >= 11 is 0. The number of fused-ring (bicyclic) bond motifs is 5. The Hall–Kier alpha value is -4.73. The molecular formula is C45H55NO13. The minimum Gasteiger partial charge on any atom is -0.456 e. The van der Waals surface area contributed by atoms with E-state index in [1.807, 2.05) is 20.8 Å². The number of allylic oxidation sites excluding steroid dienone is 1. The number of aliphatic hydroxyl groups excluding tert-OH is 3. The van der Waals surface area contributed by atoms with Crippen LogP contribution in [0.15, 0.2) is 84.0 Å². The number of Topliss-reactive ketones (excluding diaryl/α,β-unsaturated/α-hetero) is 1. The third-order valence-corrected chi connectivity index (χ3v) is 12.9. The lowest BCUT2D eigenvalue weighted by atomic mass is 9.44. The van der Waals surface area contributed by atoms with Gasteiger partial charge in [0.2, 0.25) is 5.91 Å². The average molecular weight is 818 g/mol. The predicted octanol–water partition coefficient (Wildman–Crippen LogP) is 3.45. The summed E-state index contributed by atoms with van der Waals surface area (Å²) in [6.07, 6.45) is -7.46. The van der Waals surface area contributed by atoms with Gasteiger partial charge in [-0.15, -0.1) is 0 Å². The largest absolute Gasteiger partial charge is 0.456 e. The van der Waals surface area contributed by atoms with E-state index >= 15 is 0 Å². The molecule has 1 heterocycles. The van der Waals surface area contributed by atoms with Crippen molar-refractivity contribution in [1.29, 1.82) is 0 Å². The molecule has 1 saturated heterocycles. The maximum absolute atomic E-state index is 15.0. The van der Waals surface area contributed by atoms with Crippen molar-refractivity contribution >= 4 is 29.6 Å². The molecule has 318 valence electrons. The van der Waals surface area contributed by atoms with E-state index in [4.69, 9.17) is 18.9 Å². The van der Waals surface area contributed by atoms with Gasteiger partial charge in [0, 0.05) is 25.2 Å². The first-order valence-corrected chi connectivity index (χ1v) is 19.8. The second kappa shape index (κ2) is 15.7. The normalized spacial score (nSPS) is 33.5. The molecule has 4 aliphatic rings. The number of esters is 3. The Balaban J connectivity index is 1.48. The van der Waals surface area contributed by atoms with Crippen LogP contribution in [0.3, 0.4) is 0 Å². The molecule has 5 N–H and O–H groups in total. The summed E-state index contributed by atoms with van der Waals surface area (Å²) in [4.78, 5) is 69.2. The summed E-state index contributed by atoms with van der Waals surface area (Å²) in [6, 6.07) is 14.9. The molecule has 3 fully saturated rings. The van der Waals surface area contributed by atoms with E-state index in [1.54, 1.807) is 68.5 Å². The topological polar surface area (TPSA) is 215 Å². The summed E-state index contributed by atoms with van der Waals surface area (Å²) < 4.78 is 24.2. The van der Waals surface area contributed by atoms with Crippen molar-refractivity contribution in [2.24, 2.45) is 22.2 Å². The molecule has 2 bridgehead atoms. The number of nitrogens with one attached hydrogen (secondary N) is 1. The molecule has 11 atom stereocenters. The predicted molar refractivity (Wildman–Crippen MR) is 211 cm³/mol. The Morgan fingerprint density at radius 1 is 0.966 bits per heavy atom. The molecule has 14 nitrogen and oxygen atoms in total. The van der Waals surface area contributed by atoms with Gasteiger partial charge in [-0.25, -0.2) is 9.59 Å². The van der Waals surface area contributed by atoms with E-state index in [-0.39, 0.29) is 35.2 Å². The van der Waals surface area contributed by atoms with Crippen molar-refractivity contribution in [1.82, 2.24) is 5.32 Å². The van der Waals surface area contributed by atoms with E-state index in [2.05, 4.69) is 5.32 Å². The van der Waals surface area contributed by atoms with Crippen LogP contribution in [0.5, 0.6) is 0 Å². The fourth-order valence-corrected chi connectivity index (χ4v) is 9.65. The second-order valence-corrected chi connectivity index (χ2v) is 18.1. The molecule has 0 radical (unpaired) electrons. The lowest BCUT2D eigenvalue weighted by Crippen LogP contribution is -2.81. The van der Waals surface area contributed by atoms with E-state index in [0.29, 0.717) is 5.56 Å². The molecule has 3 aliphatic carbocycles. The number of amides is 1. The SMILES string of the molecule is CC(=O)O[C@@]12CO[C@@H]1C[C@H](O)[C@@]1(C)C(=O)[C@H](O)C3=C(C)[C@@H](OC(=O)[C@H](O)[C@@H](NC(=O)/C=C/C(C)(C)C)c4ccccc4)C[C@@](O)([C@@H](OC(=O)c4ccccc4)[C@H]21)C3(C)C. The highest BCUT2D eigenvalue weighted by Gasteiger charge is 2.78. The van der Waals surface area contributed by atoms with E-state index in [1.165, 1.54) is 32.1 Å². The minimum absolute atomic E-state index is 0.0510. The molecule has 2 aromatic carbocycles. The number of carbonyl (C=O) groups excluding carboxylic acids is 5. The smallest absolute Gasteiger partial charge is 0.338 e. The summed E-state index contributed by atoms with van der Waals surface area (Å²) in [7, 11) is 0. The first-order valence-electron chi connectivity index (χ1n) is 19.8. The molecular weight excluding hydrogens is 762 g/mol. The van der Waals surface area contributed by atoms with Gasteiger partial charge in [0.05, 0.1) is 35.6 Å². The molecule has 0 unspecified atom stereocenters. The average Bonchev–Trinajstić information content (AvgIpc) is 3.17. The Bertz CT molecular complexity index is 2040. The summed E-state index contributed by atoms with van der Waals surface area (Å²) in [5.41, 5.74) is -7.44. The van der Waals surface area contributed by atoms with E-state index in [0.717, 1.165) is 6.92 Å². The fraction of sp³-hybridized carbons (Fsp3) is 0.533. The van der Waals surface area contributed by atoms with Gasteiger partial charge in [-0.2, -0.15) is 0 Å². The third kappa shape index (κ3) is 7.54. The van der Waals surface area contributed by atoms with Crippen molar-refractivity contribution in [3.05, 3.63) is 95.1 Å². The van der Waals surface area contributed by atoms with Crippen molar-refractivity contribution in [2.45, 2.75) is 122 Å². The minimum atomic E-state index is -2.34. The van der Waals surface area contributed by atoms with E-state index in [9.17, 15) is 44.4 Å². The second-order valence-electron chi connectivity index (χ2n) is 18.1. The Labute approximate surface area is 343 Å². The van der Waals surface area contributed by atoms with Crippen LogP contribution in [0.25, 0.3) is 0 Å². The third-order valence-electron chi connectivity index (χ3n) is 12.9. The van der Waals surface area contributed by atoms with Crippen molar-refractivity contribution in [2.75, 3.05) is 6.61 Å². The van der Waals surface area contributed by atoms with Gasteiger partial charge in [0.25, 0.3) is 0 Å². The van der Waals surface area contributed by atoms with Crippen LogP contribution in [0.2, 0.25) is 0 Å². The summed E-state index contributed by atoms with van der Waals surface area (Å²) in [5, 5.41) is 51.8. The number of hydrogen-bond acceptors (Lipinski definition) is 13. The summed E-state index contributed by atoms with van der Waals surface area (Å²) in [5.74, 6) is -5.88. The first kappa shape index (κ1) is 43.8. The monoisotopic (exact) mass is 817 g/mol. The molecule has 0 aromatic heterocycles. The van der Waals surface area contributed by atoms with Gasteiger partial charge in [-0.1, -0.05) is 89.2 Å². The summed E-state index contributed by atoms with van der Waals surface area (Å²) in [6.45, 7) is 12.6. The van der Waals surface area contributed by atoms with Crippen LogP contribution in [0.1, 0.15) is 90.2 Å². The zero-order valence-corrected chi connectivity index (χ0v) is 34.6. The van der Waals surface area contributed by atoms with Crippen LogP contribution >= 0.6 is 0 Å². The number of benzene rings is 2. The van der Waals surface area contributed by atoms with Crippen LogP contribution in [0, 0.1) is 22.2 Å². The van der Waals surface area contributed by atoms with Crippen LogP contribution in [-0.2, 0) is 38.1 Å². The fourth-order valence-electron chi connectivity index (χ4n) is 9.65. The van der Waals surface area contributed by atoms with Crippen molar-refractivity contribution < 1.29 is 63.3 Å². The molecule has 2 saturated carbocycles. The zero-order valence-electron chi connectivity index (χ0n) is 34.6. The first-order chi connectivity index (χ1) is 27.5. The van der Waals surface area contributed by atoms with Crippen LogP contribution in [-0.4, -0.2) is 104 Å². The Morgan fingerprint density at radius 2 is 1.58 bits per heavy atom. The van der Waals surface area contributed by atoms with Crippen molar-refractivity contribution in [3.63, 3.8) is 0 Å². The highest BCUT2D eigenvalue weighted by atomic mass is 16.6. The number of aliphatic hydroxyl groups is 4. The van der Waals surface area contributed by atoms with Gasteiger partial charge in [-0.05, 0) is 54.2 Å². The van der Waals surface area contributed by atoms with Crippen LogP contribution < -0.4 is 5.32 Å². The van der Waals surface area contributed by atoms with Gasteiger partial charge >= 0.3 is 17.9 Å². The molecule has 0 spiro atoms. The van der Waals surface area contributed by atoms with E-state index < -0.39 is 107 Å². The standard InChI is InChI=1S/C45H55NO13/c1-24-28(57-40(54)35(51)33(26-15-11-9-12-16-26)46-31(49)19-20-41(3,4)5)22-45(55)38(58-39(53)27-17-13-10-14-18-27)36-43(8,37(52)34(50)32(24)42(45,6)7)29(48)21-30-44(36,23-56-30)59-25(2)47/h9-20,28-30,33-36,38,48,50-51,55H,21-23H2,1-8H3,(H,46,49)/b20-19+/t28-,29-,30+,33-,34+,35+,36-,38-,43+,44-,45+/m0/s1. The number of hydrogen-bond donors (Lipinski definition) is 5. The maximum atomic E-state index is 15.0. The highest BCUT2D eigenvalue weighted by Crippen LogP contribution is 2.64. The van der Waals surface area contributed by atoms with Crippen molar-refractivity contribution in [3.8, 4) is 0 Å². The molecule has 2 aromatic rings. The number of carbonyl (C=O) groups is 5. The van der Waals surface area contributed by atoms with Gasteiger partial charge in [-0.3, -0.25) is 14.4 Å². The molecule has 14 heteroatoms. The number of rotatable bonds is 9. The molecule has 59 heavy (non-hydrogen) atoms. The highest BCUT2D eigenvalue weighted by molar-refractivity contribution is 5.94. The molecule has 1 aliphatic heterocycles. The van der Waals surface area contributed by atoms with Gasteiger partial charge in [0.15, 0.2) is 17.5 Å². The number of ether oxygens (including phenoxy) is 4. The lowest BCUT2D eigenvalue weighted by molar-refractivity contribution is -0.346. The zero-order chi connectivity index (χ0) is 43.5. The van der Waals surface area contributed by atoms with Gasteiger partial charge < -0.3 is 44.7 Å². The van der Waals surface area contributed by atoms with Gasteiger partial charge in [0.1, 0.15) is 30.0 Å². The van der Waals surface area contributed by atoms with Crippen LogP contribution in [0.4, 0.5) is 0 Å². The Morgan fingerprint density at radius 3 is 2.14 bits per heavy atom. The Kier molecular flexibility index (Phi) is 11.7. The maximum Gasteiger partial charge on any atom is 0.338 e.